The number of halogens is 1. The Bertz CT molecular complexity index is 2620. The van der Waals surface area contributed by atoms with Gasteiger partial charge in [0.25, 0.3) is 11.5 Å². The van der Waals surface area contributed by atoms with Crippen molar-refractivity contribution in [3.05, 3.63) is 105 Å². The number of rotatable bonds is 22. The number of carbonyl (C=O) groups is 3. The van der Waals surface area contributed by atoms with Gasteiger partial charge in [0, 0.05) is 51.9 Å². The number of aryl methyl sites for hydroxylation is 2. The number of fused-ring (bicyclic) bond motifs is 2. The number of aromatic nitrogens is 7. The van der Waals surface area contributed by atoms with Crippen molar-refractivity contribution in [1.29, 1.82) is 0 Å². The Balaban J connectivity index is 0.894. The lowest BCUT2D eigenvalue weighted by atomic mass is 10.0. The number of aldehydes is 1. The van der Waals surface area contributed by atoms with Gasteiger partial charge in [-0.05, 0) is 67.6 Å². The first-order chi connectivity index (χ1) is 29.7. The second-order valence-electron chi connectivity index (χ2n) is 15.5. The first-order valence-electron chi connectivity index (χ1n) is 21.0. The fraction of sp³-hybridized carbons (Fsp3) is 0.409. The van der Waals surface area contributed by atoms with Crippen LogP contribution in [0, 0.1) is 0 Å². The van der Waals surface area contributed by atoms with Gasteiger partial charge in [-0.15, -0.1) is 5.10 Å². The number of hydrogen-bond donors (Lipinski definition) is 4. The Morgan fingerprint density at radius 1 is 0.934 bits per heavy atom. The first kappa shape index (κ1) is 42.5. The molecular weight excluding hydrogens is 782 g/mol. The second-order valence-corrected chi connectivity index (χ2v) is 15.5. The van der Waals surface area contributed by atoms with Gasteiger partial charge in [-0.25, -0.2) is 23.7 Å². The SMILES string of the molecule is CNC(=O)C(CCC=O)n1c(=O)n(C)c2cc(CCCCCCCCCCNc3cc(Nc4cccn(-c5ccccn5)c4=O)nn4c(C(=O)NC5CC5F)cnc34)ccc21. The standard InChI is InChI=1S/C44H52FN11O5/c1-46-41(58)35(17-14-24-57)55-34-20-19-29(25-36(34)53(2)44(55)61)15-9-7-5-3-4-6-8-11-21-47-33-27-38(50-31-16-13-23-54(43(31)60)39-18-10-12-22-48-39)52-56-37(28-49-40(33)56)42(59)51-32-26-30(32)45/h10,12-13,16,18-20,22-25,27-28,30,32,35,47H,3-9,11,14-15,17,21,26H2,1-2H3,(H,46,58)(H,50,52)(H,51,59). The minimum atomic E-state index is -1.06. The van der Waals surface area contributed by atoms with Crippen LogP contribution in [0.15, 0.2) is 82.8 Å². The zero-order chi connectivity index (χ0) is 42.9. The van der Waals surface area contributed by atoms with Crippen molar-refractivity contribution in [1.82, 2.24) is 43.9 Å². The van der Waals surface area contributed by atoms with E-state index in [1.165, 1.54) is 26.9 Å². The van der Waals surface area contributed by atoms with Crippen molar-refractivity contribution in [3.63, 3.8) is 0 Å². The van der Waals surface area contributed by atoms with Gasteiger partial charge in [-0.2, -0.15) is 0 Å². The lowest BCUT2D eigenvalue weighted by Gasteiger charge is -2.16. The predicted octanol–water partition coefficient (Wildman–Crippen LogP) is 5.55. The summed E-state index contributed by atoms with van der Waals surface area (Å²) in [5, 5.41) is 16.5. The molecule has 6 aromatic rings. The van der Waals surface area contributed by atoms with Crippen molar-refractivity contribution in [3.8, 4) is 5.82 Å². The van der Waals surface area contributed by atoms with Crippen molar-refractivity contribution in [2.45, 2.75) is 95.3 Å². The monoisotopic (exact) mass is 833 g/mol. The predicted molar refractivity (Wildman–Crippen MR) is 232 cm³/mol. The van der Waals surface area contributed by atoms with Gasteiger partial charge in [0.15, 0.2) is 17.2 Å². The maximum absolute atomic E-state index is 13.6. The van der Waals surface area contributed by atoms with Crippen LogP contribution in [0.25, 0.3) is 22.5 Å². The second kappa shape index (κ2) is 19.6. The number of nitrogens with zero attached hydrogens (tertiary/aromatic N) is 7. The average molecular weight is 834 g/mol. The molecule has 3 atom stereocenters. The summed E-state index contributed by atoms with van der Waals surface area (Å²) >= 11 is 0. The molecule has 1 aliphatic carbocycles. The van der Waals surface area contributed by atoms with Crippen LogP contribution in [0.5, 0.6) is 0 Å². The summed E-state index contributed by atoms with van der Waals surface area (Å²) in [6.45, 7) is 0.654. The molecule has 1 fully saturated rings. The molecular formula is C44H52FN11O5. The molecule has 7 rings (SSSR count). The lowest BCUT2D eigenvalue weighted by molar-refractivity contribution is -0.124. The Morgan fingerprint density at radius 2 is 1.70 bits per heavy atom. The summed E-state index contributed by atoms with van der Waals surface area (Å²) in [5.41, 5.74) is 3.47. The van der Waals surface area contributed by atoms with Gasteiger partial charge >= 0.3 is 5.69 Å². The lowest BCUT2D eigenvalue weighted by Crippen LogP contribution is -2.36. The molecule has 0 bridgehead atoms. The normalized spacial score (nSPS) is 15.1. The molecule has 4 N–H and O–H groups in total. The van der Waals surface area contributed by atoms with E-state index in [1.807, 2.05) is 18.2 Å². The summed E-state index contributed by atoms with van der Waals surface area (Å²) in [6.07, 6.45) is 14.5. The van der Waals surface area contributed by atoms with Crippen LogP contribution in [0.4, 0.5) is 21.6 Å². The number of carbonyl (C=O) groups excluding carboxylic acids is 3. The van der Waals surface area contributed by atoms with Crippen LogP contribution in [0.1, 0.15) is 92.7 Å². The van der Waals surface area contributed by atoms with E-state index < -0.39 is 24.2 Å². The van der Waals surface area contributed by atoms with Crippen LogP contribution in [-0.2, 0) is 23.1 Å². The highest BCUT2D eigenvalue weighted by molar-refractivity contribution is 5.94. The number of alkyl halides is 1. The van der Waals surface area contributed by atoms with Crippen molar-refractivity contribution in [2.75, 3.05) is 24.2 Å². The minimum Gasteiger partial charge on any atom is -0.382 e. The molecule has 0 aliphatic heterocycles. The smallest absolute Gasteiger partial charge is 0.329 e. The van der Waals surface area contributed by atoms with Crippen molar-refractivity contribution < 1.29 is 18.8 Å². The molecule has 1 saturated carbocycles. The molecule has 0 saturated heterocycles. The number of anilines is 3. The van der Waals surface area contributed by atoms with E-state index in [0.29, 0.717) is 35.0 Å². The summed E-state index contributed by atoms with van der Waals surface area (Å²) in [7, 11) is 3.24. The minimum absolute atomic E-state index is 0.156. The highest BCUT2D eigenvalue weighted by Crippen LogP contribution is 2.27. The largest absolute Gasteiger partial charge is 0.382 e. The number of imidazole rings is 2. The van der Waals surface area contributed by atoms with Gasteiger partial charge in [-0.3, -0.25) is 28.1 Å². The highest BCUT2D eigenvalue weighted by atomic mass is 19.1. The number of benzene rings is 1. The molecule has 2 amide bonds. The zero-order valence-corrected chi connectivity index (χ0v) is 34.5. The van der Waals surface area contributed by atoms with Gasteiger partial charge in [0.1, 0.15) is 30.0 Å². The number of likely N-dealkylation sites (N-methyl/N-ethyl adjacent to an activating group) is 1. The summed E-state index contributed by atoms with van der Waals surface area (Å²) in [6, 6.07) is 15.1. The summed E-state index contributed by atoms with van der Waals surface area (Å²) < 4.78 is 19.5. The molecule has 5 heterocycles. The topological polar surface area (TPSA) is 191 Å². The third-order valence-electron chi connectivity index (χ3n) is 11.1. The molecule has 16 nitrogen and oxygen atoms in total. The molecule has 17 heteroatoms. The number of pyridine rings is 2. The van der Waals surface area contributed by atoms with Gasteiger partial charge < -0.3 is 26.1 Å². The average Bonchev–Trinajstić information content (AvgIpc) is 3.68. The molecule has 0 radical (unpaired) electrons. The molecule has 61 heavy (non-hydrogen) atoms. The van der Waals surface area contributed by atoms with E-state index in [-0.39, 0.29) is 47.8 Å². The Labute approximate surface area is 351 Å². The quantitative estimate of drug-likeness (QED) is 0.0498. The van der Waals surface area contributed by atoms with Crippen LogP contribution in [0.2, 0.25) is 0 Å². The van der Waals surface area contributed by atoms with Crippen molar-refractivity contribution in [2.24, 2.45) is 7.05 Å². The number of amides is 2. The maximum Gasteiger partial charge on any atom is 0.329 e. The fourth-order valence-corrected chi connectivity index (χ4v) is 7.65. The van der Waals surface area contributed by atoms with Gasteiger partial charge in [-0.1, -0.05) is 50.7 Å². The molecule has 320 valence electrons. The molecule has 5 aromatic heterocycles. The van der Waals surface area contributed by atoms with Crippen molar-refractivity contribution >= 4 is 52.0 Å². The number of hydrogen-bond acceptors (Lipinski definition) is 10. The molecule has 1 aromatic carbocycles. The number of unbranched alkanes of at least 4 members (excludes halogenated alkanes) is 7. The Morgan fingerprint density at radius 3 is 2.43 bits per heavy atom. The van der Waals surface area contributed by atoms with E-state index in [1.54, 1.807) is 60.4 Å². The van der Waals surface area contributed by atoms with E-state index >= 15 is 0 Å². The summed E-state index contributed by atoms with van der Waals surface area (Å²) in [4.78, 5) is 72.1. The maximum atomic E-state index is 13.6. The van der Waals surface area contributed by atoms with Crippen LogP contribution in [0.3, 0.4) is 0 Å². The Hall–Kier alpha value is -6.65. The number of nitrogens with one attached hydrogen (secondary N) is 4. The van der Waals surface area contributed by atoms with Crippen LogP contribution in [-0.4, -0.2) is 77.2 Å². The summed E-state index contributed by atoms with van der Waals surface area (Å²) in [5.74, 6) is 0.0110. The van der Waals surface area contributed by atoms with E-state index in [2.05, 4.69) is 36.3 Å². The Kier molecular flexibility index (Phi) is 13.7. The van der Waals surface area contributed by atoms with E-state index in [0.717, 1.165) is 75.2 Å². The third-order valence-corrected chi connectivity index (χ3v) is 11.1. The van der Waals surface area contributed by atoms with Gasteiger partial charge in [0.05, 0.1) is 29.0 Å². The molecule has 1 aliphatic rings. The van der Waals surface area contributed by atoms with E-state index in [9.17, 15) is 28.4 Å². The van der Waals surface area contributed by atoms with E-state index in [4.69, 9.17) is 0 Å². The fourth-order valence-electron chi connectivity index (χ4n) is 7.65. The zero-order valence-electron chi connectivity index (χ0n) is 34.5. The van der Waals surface area contributed by atoms with Crippen LogP contribution >= 0.6 is 0 Å². The van der Waals surface area contributed by atoms with Gasteiger partial charge in [0.2, 0.25) is 5.91 Å². The highest BCUT2D eigenvalue weighted by Gasteiger charge is 2.39. The van der Waals surface area contributed by atoms with Crippen LogP contribution < -0.4 is 32.5 Å². The molecule has 0 spiro atoms. The molecule has 3 unspecified atom stereocenters. The third kappa shape index (κ3) is 9.88. The first-order valence-corrected chi connectivity index (χ1v) is 21.0.